The van der Waals surface area contributed by atoms with Crippen molar-refractivity contribution in [3.8, 4) is 0 Å². The van der Waals surface area contributed by atoms with E-state index < -0.39 is 11.6 Å². The molecule has 2 fully saturated rings. The molecule has 1 aromatic carbocycles. The minimum Gasteiger partial charge on any atom is -0.337 e. The molecular weight excluding hydrogens is 298 g/mol. The zero-order valence-electron chi connectivity index (χ0n) is 13.5. The van der Waals surface area contributed by atoms with E-state index in [4.69, 9.17) is 0 Å². The zero-order chi connectivity index (χ0) is 16.4. The van der Waals surface area contributed by atoms with Crippen molar-refractivity contribution >= 4 is 5.91 Å². The van der Waals surface area contributed by atoms with Gasteiger partial charge in [-0.05, 0) is 44.2 Å². The van der Waals surface area contributed by atoms with E-state index in [-0.39, 0.29) is 24.1 Å². The van der Waals surface area contributed by atoms with Crippen molar-refractivity contribution in [2.75, 3.05) is 6.54 Å². The molecule has 3 atom stereocenters. The van der Waals surface area contributed by atoms with Crippen LogP contribution in [0, 0.1) is 17.6 Å². The molecule has 3 rings (SSSR count). The molecule has 1 heterocycles. The Morgan fingerprint density at radius 2 is 1.96 bits per heavy atom. The number of likely N-dealkylation sites (N-methyl/N-ethyl adjacent to an activating group) is 1. The Hall–Kier alpha value is -1.49. The third-order valence-electron chi connectivity index (χ3n) is 5.26. The van der Waals surface area contributed by atoms with E-state index in [2.05, 4.69) is 5.32 Å². The Balaban J connectivity index is 1.70. The largest absolute Gasteiger partial charge is 0.337 e. The van der Waals surface area contributed by atoms with Gasteiger partial charge in [0.15, 0.2) is 0 Å². The van der Waals surface area contributed by atoms with Crippen LogP contribution in [0.2, 0.25) is 0 Å². The summed E-state index contributed by atoms with van der Waals surface area (Å²) >= 11 is 0. The van der Waals surface area contributed by atoms with E-state index in [9.17, 15) is 13.6 Å². The Kier molecular flexibility index (Phi) is 4.95. The van der Waals surface area contributed by atoms with Gasteiger partial charge in [0.2, 0.25) is 5.91 Å². The molecule has 1 saturated heterocycles. The zero-order valence-corrected chi connectivity index (χ0v) is 13.5. The minimum atomic E-state index is -0.593. The molecule has 1 N–H and O–H groups in total. The molecule has 1 saturated carbocycles. The lowest BCUT2D eigenvalue weighted by molar-refractivity contribution is -0.133. The maximum Gasteiger partial charge on any atom is 0.240 e. The average molecular weight is 322 g/mol. The summed E-state index contributed by atoms with van der Waals surface area (Å²) in [6.07, 6.45) is 5.60. The van der Waals surface area contributed by atoms with Crippen LogP contribution >= 0.6 is 0 Å². The Labute approximate surface area is 136 Å². The van der Waals surface area contributed by atoms with Gasteiger partial charge in [0.25, 0.3) is 0 Å². The van der Waals surface area contributed by atoms with Gasteiger partial charge in [-0.2, -0.15) is 0 Å². The second-order valence-corrected chi connectivity index (χ2v) is 6.66. The van der Waals surface area contributed by atoms with Crippen LogP contribution < -0.4 is 5.32 Å². The van der Waals surface area contributed by atoms with E-state index in [0.29, 0.717) is 18.5 Å². The molecule has 0 aromatic heterocycles. The highest BCUT2D eigenvalue weighted by Crippen LogP contribution is 2.33. The highest BCUT2D eigenvalue weighted by molar-refractivity contribution is 5.82. The monoisotopic (exact) mass is 322 g/mol. The second-order valence-electron chi connectivity index (χ2n) is 6.66. The Morgan fingerprint density at radius 3 is 2.61 bits per heavy atom. The van der Waals surface area contributed by atoms with E-state index >= 15 is 0 Å². The van der Waals surface area contributed by atoms with Gasteiger partial charge in [-0.1, -0.05) is 18.9 Å². The first-order valence-electron chi connectivity index (χ1n) is 8.58. The van der Waals surface area contributed by atoms with Crippen LogP contribution in [0.4, 0.5) is 8.78 Å². The first-order valence-corrected chi connectivity index (χ1v) is 8.58. The number of benzene rings is 1. The van der Waals surface area contributed by atoms with E-state index in [0.717, 1.165) is 12.8 Å². The molecule has 1 aliphatic heterocycles. The lowest BCUT2D eigenvalue weighted by Crippen LogP contribution is -2.45. The molecule has 0 spiro atoms. The molecule has 23 heavy (non-hydrogen) atoms. The van der Waals surface area contributed by atoms with Crippen molar-refractivity contribution in [1.82, 2.24) is 10.2 Å². The molecule has 3 unspecified atom stereocenters. The van der Waals surface area contributed by atoms with Gasteiger partial charge in [-0.15, -0.1) is 0 Å². The van der Waals surface area contributed by atoms with Crippen LogP contribution in [-0.4, -0.2) is 29.4 Å². The van der Waals surface area contributed by atoms with Crippen LogP contribution in [0.25, 0.3) is 0 Å². The van der Waals surface area contributed by atoms with Gasteiger partial charge in [0.1, 0.15) is 11.6 Å². The summed E-state index contributed by atoms with van der Waals surface area (Å²) in [6.45, 7) is 2.28. The summed E-state index contributed by atoms with van der Waals surface area (Å²) in [5.41, 5.74) is -0.0295. The third-order valence-corrected chi connectivity index (χ3v) is 5.26. The summed E-state index contributed by atoms with van der Waals surface area (Å²) in [5.74, 6) is -0.653. The van der Waals surface area contributed by atoms with Crippen molar-refractivity contribution < 1.29 is 13.6 Å². The molecule has 0 radical (unpaired) electrons. The predicted octanol–water partition coefficient (Wildman–Crippen LogP) is 3.23. The fraction of sp³-hybridized carbons (Fsp3) is 0.611. The van der Waals surface area contributed by atoms with Gasteiger partial charge in [-0.3, -0.25) is 4.79 Å². The number of carbonyl (C=O) groups excluding carboxylic acids is 1. The number of carbonyl (C=O) groups is 1. The standard InChI is InChI=1S/C18H24F2N2O/c1-2-22(11-13-14(19)7-5-8-15(13)20)18(23)17-10-12-6-3-4-9-16(12)21-17/h5,7-8,12,16-17,21H,2-4,6,9-11H2,1H3. The summed E-state index contributed by atoms with van der Waals surface area (Å²) in [4.78, 5) is 14.3. The van der Waals surface area contributed by atoms with Gasteiger partial charge < -0.3 is 10.2 Å². The first kappa shape index (κ1) is 16.4. The molecule has 3 nitrogen and oxygen atoms in total. The molecule has 5 heteroatoms. The molecule has 1 aliphatic carbocycles. The van der Waals surface area contributed by atoms with Crippen molar-refractivity contribution in [3.05, 3.63) is 35.4 Å². The Morgan fingerprint density at radius 1 is 1.26 bits per heavy atom. The Bertz CT molecular complexity index is 544. The number of rotatable bonds is 4. The topological polar surface area (TPSA) is 32.3 Å². The number of hydrogen-bond donors (Lipinski definition) is 1. The number of nitrogens with one attached hydrogen (secondary N) is 1. The third kappa shape index (κ3) is 3.39. The maximum absolute atomic E-state index is 13.8. The van der Waals surface area contributed by atoms with Crippen LogP contribution in [0.5, 0.6) is 0 Å². The second kappa shape index (κ2) is 6.95. The molecule has 2 aliphatic rings. The molecular formula is C18H24F2N2O. The lowest BCUT2D eigenvalue weighted by Gasteiger charge is -2.25. The summed E-state index contributed by atoms with van der Waals surface area (Å²) < 4.78 is 27.7. The SMILES string of the molecule is CCN(Cc1c(F)cccc1F)C(=O)C1CC2CCCCC2N1. The smallest absolute Gasteiger partial charge is 0.240 e. The highest BCUT2D eigenvalue weighted by atomic mass is 19.1. The normalized spacial score (nSPS) is 26.8. The van der Waals surface area contributed by atoms with Gasteiger partial charge in [0, 0.05) is 18.2 Å². The van der Waals surface area contributed by atoms with Gasteiger partial charge in [-0.25, -0.2) is 8.78 Å². The summed E-state index contributed by atoms with van der Waals surface area (Å²) in [6, 6.07) is 4.03. The lowest BCUT2D eigenvalue weighted by atomic mass is 9.85. The van der Waals surface area contributed by atoms with Gasteiger partial charge >= 0.3 is 0 Å². The molecule has 1 amide bonds. The fourth-order valence-electron chi connectivity index (χ4n) is 3.95. The highest BCUT2D eigenvalue weighted by Gasteiger charge is 2.39. The quantitative estimate of drug-likeness (QED) is 0.923. The van der Waals surface area contributed by atoms with Crippen LogP contribution in [-0.2, 0) is 11.3 Å². The van der Waals surface area contributed by atoms with Gasteiger partial charge in [0.05, 0.1) is 12.6 Å². The van der Waals surface area contributed by atoms with E-state index in [1.165, 1.54) is 37.5 Å². The number of fused-ring (bicyclic) bond motifs is 1. The number of hydrogen-bond acceptors (Lipinski definition) is 2. The van der Waals surface area contributed by atoms with E-state index in [1.54, 1.807) is 4.90 Å². The van der Waals surface area contributed by atoms with Crippen molar-refractivity contribution in [3.63, 3.8) is 0 Å². The molecule has 1 aromatic rings. The van der Waals surface area contributed by atoms with Crippen LogP contribution in [0.1, 0.15) is 44.6 Å². The predicted molar refractivity (Wildman–Crippen MR) is 84.7 cm³/mol. The van der Waals surface area contributed by atoms with Crippen molar-refractivity contribution in [2.45, 2.75) is 57.7 Å². The number of nitrogens with zero attached hydrogens (tertiary/aromatic N) is 1. The maximum atomic E-state index is 13.8. The summed E-state index contributed by atoms with van der Waals surface area (Å²) in [7, 11) is 0. The van der Waals surface area contributed by atoms with E-state index in [1.807, 2.05) is 6.92 Å². The minimum absolute atomic E-state index is 0.0125. The van der Waals surface area contributed by atoms with Crippen LogP contribution in [0.15, 0.2) is 18.2 Å². The van der Waals surface area contributed by atoms with Crippen molar-refractivity contribution in [1.29, 1.82) is 0 Å². The fourth-order valence-corrected chi connectivity index (χ4v) is 3.95. The molecule has 126 valence electrons. The number of halogens is 2. The average Bonchev–Trinajstić information content (AvgIpc) is 2.98. The van der Waals surface area contributed by atoms with Crippen molar-refractivity contribution in [2.24, 2.45) is 5.92 Å². The number of amides is 1. The summed E-state index contributed by atoms with van der Waals surface area (Å²) in [5, 5.41) is 3.44. The first-order chi connectivity index (χ1) is 11.1. The van der Waals surface area contributed by atoms with Crippen LogP contribution in [0.3, 0.4) is 0 Å². The molecule has 0 bridgehead atoms.